The number of ether oxygens (including phenoxy) is 1. The summed E-state index contributed by atoms with van der Waals surface area (Å²) in [5.74, 6) is -0.944. The van der Waals surface area contributed by atoms with E-state index in [1.807, 2.05) is 57.2 Å². The zero-order valence-corrected chi connectivity index (χ0v) is 14.7. The normalized spacial score (nSPS) is 12.2. The van der Waals surface area contributed by atoms with Crippen LogP contribution >= 0.6 is 0 Å². The van der Waals surface area contributed by atoms with Gasteiger partial charge in [0.1, 0.15) is 6.04 Å². The number of hydrogen-bond acceptors (Lipinski definition) is 3. The molecule has 24 heavy (non-hydrogen) atoms. The van der Waals surface area contributed by atoms with Gasteiger partial charge in [0.2, 0.25) is 0 Å². The predicted octanol–water partition coefficient (Wildman–Crippen LogP) is 3.79. The Morgan fingerprint density at radius 1 is 0.917 bits per heavy atom. The summed E-state index contributed by atoms with van der Waals surface area (Å²) in [6, 6.07) is 17.6. The van der Waals surface area contributed by atoms with Crippen LogP contribution in [0.5, 0.6) is 0 Å². The molecule has 2 rings (SSSR count). The molecule has 1 N–H and O–H groups in total. The highest BCUT2D eigenvalue weighted by Crippen LogP contribution is 2.20. The van der Waals surface area contributed by atoms with E-state index in [0.717, 1.165) is 5.56 Å². The van der Waals surface area contributed by atoms with Crippen molar-refractivity contribution in [1.29, 1.82) is 0 Å². The van der Waals surface area contributed by atoms with Gasteiger partial charge in [-0.25, -0.2) is 4.79 Å². The van der Waals surface area contributed by atoms with E-state index in [4.69, 9.17) is 4.74 Å². The lowest BCUT2D eigenvalue weighted by atomic mass is 9.93. The van der Waals surface area contributed by atoms with Gasteiger partial charge in [0.25, 0.3) is 5.91 Å². The minimum absolute atomic E-state index is 0.193. The molecule has 0 heterocycles. The average Bonchev–Trinajstić information content (AvgIpc) is 2.67. The van der Waals surface area contributed by atoms with Gasteiger partial charge >= 0.3 is 5.97 Å². The van der Waals surface area contributed by atoms with Crippen LogP contribution in [-0.2, 0) is 9.53 Å². The second-order valence-corrected chi connectivity index (χ2v) is 5.04. The van der Waals surface area contributed by atoms with E-state index in [1.54, 1.807) is 24.3 Å². The van der Waals surface area contributed by atoms with Gasteiger partial charge in [-0.15, -0.1) is 0 Å². The first-order valence-electron chi connectivity index (χ1n) is 8.12. The fraction of sp³-hybridized carbons (Fsp3) is 0.300. The van der Waals surface area contributed by atoms with Gasteiger partial charge in [-0.05, 0) is 17.7 Å². The number of rotatable bonds is 5. The Morgan fingerprint density at radius 3 is 1.92 bits per heavy atom. The summed E-state index contributed by atoms with van der Waals surface area (Å²) in [6.07, 6.45) is 0. The van der Waals surface area contributed by atoms with Crippen LogP contribution in [0.15, 0.2) is 60.7 Å². The van der Waals surface area contributed by atoms with E-state index in [2.05, 4.69) is 5.32 Å². The second kappa shape index (κ2) is 10.2. The molecule has 0 saturated heterocycles. The number of benzene rings is 2. The van der Waals surface area contributed by atoms with Crippen molar-refractivity contribution in [2.24, 2.45) is 0 Å². The van der Waals surface area contributed by atoms with Crippen molar-refractivity contribution < 1.29 is 14.3 Å². The zero-order valence-electron chi connectivity index (χ0n) is 14.7. The Balaban J connectivity index is 0.00000139. The van der Waals surface area contributed by atoms with Crippen LogP contribution in [-0.4, -0.2) is 25.0 Å². The van der Waals surface area contributed by atoms with Crippen molar-refractivity contribution in [3.63, 3.8) is 0 Å². The van der Waals surface area contributed by atoms with Crippen LogP contribution in [0.4, 0.5) is 0 Å². The smallest absolute Gasteiger partial charge is 0.328 e. The molecule has 0 spiro atoms. The highest BCUT2D eigenvalue weighted by atomic mass is 16.5. The molecule has 1 amide bonds. The van der Waals surface area contributed by atoms with Crippen LogP contribution in [0.1, 0.15) is 42.6 Å². The predicted molar refractivity (Wildman–Crippen MR) is 95.9 cm³/mol. The van der Waals surface area contributed by atoms with Crippen molar-refractivity contribution in [3.8, 4) is 0 Å². The number of hydrogen-bond donors (Lipinski definition) is 1. The van der Waals surface area contributed by atoms with E-state index < -0.39 is 12.0 Å². The third kappa shape index (κ3) is 5.23. The summed E-state index contributed by atoms with van der Waals surface area (Å²) in [5.41, 5.74) is 1.47. The molecule has 0 bridgehead atoms. The molecule has 4 nitrogen and oxygen atoms in total. The molecule has 2 aromatic rings. The van der Waals surface area contributed by atoms with Crippen molar-refractivity contribution in [3.05, 3.63) is 71.8 Å². The largest absolute Gasteiger partial charge is 0.467 e. The lowest BCUT2D eigenvalue weighted by Gasteiger charge is -2.23. The van der Waals surface area contributed by atoms with Crippen molar-refractivity contribution in [1.82, 2.24) is 5.32 Å². The topological polar surface area (TPSA) is 55.4 Å². The Bertz CT molecular complexity index is 626. The van der Waals surface area contributed by atoms with E-state index in [9.17, 15) is 9.59 Å². The SMILES string of the molecule is CC.COC(=O)C(NC(=O)c1ccccc1)C(C)c1ccccc1. The van der Waals surface area contributed by atoms with Crippen LogP contribution in [0.3, 0.4) is 0 Å². The van der Waals surface area contributed by atoms with E-state index in [1.165, 1.54) is 7.11 Å². The first-order valence-corrected chi connectivity index (χ1v) is 8.12. The summed E-state index contributed by atoms with van der Waals surface area (Å²) in [5, 5.41) is 2.77. The Labute approximate surface area is 143 Å². The molecule has 0 fully saturated rings. The summed E-state index contributed by atoms with van der Waals surface area (Å²) in [6.45, 7) is 5.89. The van der Waals surface area contributed by atoms with Gasteiger partial charge in [0.15, 0.2) is 0 Å². The van der Waals surface area contributed by atoms with Crippen molar-refractivity contribution in [2.75, 3.05) is 7.11 Å². The quantitative estimate of drug-likeness (QED) is 0.850. The molecule has 0 saturated carbocycles. The minimum atomic E-state index is -0.736. The summed E-state index contributed by atoms with van der Waals surface area (Å²) >= 11 is 0. The molecule has 0 aliphatic rings. The number of carbonyl (C=O) groups excluding carboxylic acids is 2. The maximum atomic E-state index is 12.3. The molecular weight excluding hydrogens is 302 g/mol. The molecule has 128 valence electrons. The van der Waals surface area contributed by atoms with Gasteiger partial charge in [0, 0.05) is 11.5 Å². The van der Waals surface area contributed by atoms with Crippen LogP contribution < -0.4 is 5.32 Å². The Morgan fingerprint density at radius 2 is 1.42 bits per heavy atom. The third-order valence-corrected chi connectivity index (χ3v) is 3.60. The zero-order chi connectivity index (χ0) is 17.9. The monoisotopic (exact) mass is 327 g/mol. The third-order valence-electron chi connectivity index (χ3n) is 3.60. The van der Waals surface area contributed by atoms with Crippen molar-refractivity contribution in [2.45, 2.75) is 32.7 Å². The van der Waals surface area contributed by atoms with E-state index in [-0.39, 0.29) is 11.8 Å². The maximum Gasteiger partial charge on any atom is 0.328 e. The first kappa shape index (κ1) is 19.4. The molecule has 2 aromatic carbocycles. The van der Waals surface area contributed by atoms with Crippen LogP contribution in [0.2, 0.25) is 0 Å². The van der Waals surface area contributed by atoms with Crippen LogP contribution in [0.25, 0.3) is 0 Å². The molecule has 2 unspecified atom stereocenters. The fourth-order valence-electron chi connectivity index (χ4n) is 2.28. The molecule has 0 aliphatic carbocycles. The standard InChI is InChI=1S/C18H19NO3.C2H6/c1-13(14-9-5-3-6-10-14)16(18(21)22-2)19-17(20)15-11-7-4-8-12-15;1-2/h3-13,16H,1-2H3,(H,19,20);1-2H3. The van der Waals surface area contributed by atoms with Gasteiger partial charge < -0.3 is 10.1 Å². The van der Waals surface area contributed by atoms with Gasteiger partial charge in [0.05, 0.1) is 7.11 Å². The summed E-state index contributed by atoms with van der Waals surface area (Å²) < 4.78 is 4.84. The minimum Gasteiger partial charge on any atom is -0.467 e. The Kier molecular flexibility index (Phi) is 8.26. The molecule has 0 aliphatic heterocycles. The van der Waals surface area contributed by atoms with Gasteiger partial charge in [-0.2, -0.15) is 0 Å². The lowest BCUT2D eigenvalue weighted by molar-refractivity contribution is -0.143. The summed E-state index contributed by atoms with van der Waals surface area (Å²) in [7, 11) is 1.32. The first-order chi connectivity index (χ1) is 11.6. The Hall–Kier alpha value is -2.62. The molecule has 4 heteroatoms. The van der Waals surface area contributed by atoms with Crippen molar-refractivity contribution >= 4 is 11.9 Å². The molecule has 0 radical (unpaired) electrons. The maximum absolute atomic E-state index is 12.3. The highest BCUT2D eigenvalue weighted by molar-refractivity contribution is 5.97. The van der Waals surface area contributed by atoms with E-state index >= 15 is 0 Å². The van der Waals surface area contributed by atoms with Gasteiger partial charge in [-0.3, -0.25) is 4.79 Å². The lowest BCUT2D eigenvalue weighted by Crippen LogP contribution is -2.44. The molecule has 2 atom stereocenters. The number of methoxy groups -OCH3 is 1. The van der Waals surface area contributed by atoms with Gasteiger partial charge in [-0.1, -0.05) is 69.3 Å². The second-order valence-electron chi connectivity index (χ2n) is 5.04. The number of nitrogens with one attached hydrogen (secondary N) is 1. The van der Waals surface area contributed by atoms with E-state index in [0.29, 0.717) is 5.56 Å². The fourth-order valence-corrected chi connectivity index (χ4v) is 2.28. The highest BCUT2D eigenvalue weighted by Gasteiger charge is 2.29. The number of esters is 1. The number of carbonyl (C=O) groups is 2. The van der Waals surface area contributed by atoms with Crippen LogP contribution in [0, 0.1) is 0 Å². The number of amides is 1. The average molecular weight is 327 g/mol. The summed E-state index contributed by atoms with van der Waals surface area (Å²) in [4.78, 5) is 24.3. The molecular formula is C20H25NO3. The molecule has 0 aromatic heterocycles.